The largest absolute Gasteiger partial charge is 0.481 e. The molecule has 0 saturated heterocycles. The quantitative estimate of drug-likeness (QED) is 0.132. The lowest BCUT2D eigenvalue weighted by molar-refractivity contribution is -0.147. The van der Waals surface area contributed by atoms with Crippen LogP contribution in [0.5, 0.6) is 0 Å². The first kappa shape index (κ1) is 31.5. The van der Waals surface area contributed by atoms with Crippen molar-refractivity contribution in [3.8, 4) is 0 Å². The average molecular weight is 453 g/mol. The third kappa shape index (κ3) is 22.7. The lowest BCUT2D eigenvalue weighted by Crippen LogP contribution is -2.23. The summed E-state index contributed by atoms with van der Waals surface area (Å²) >= 11 is 0. The van der Waals surface area contributed by atoms with Crippen LogP contribution in [0.4, 0.5) is 0 Å². The summed E-state index contributed by atoms with van der Waals surface area (Å²) in [5.74, 6) is -0.661. The minimum absolute atomic E-state index is 0.549. The van der Waals surface area contributed by atoms with Gasteiger partial charge in [0.15, 0.2) is 0 Å². The molecular formula is C30H60O2. The number of unbranched alkanes of at least 4 members (excludes halogenated alkanes) is 23. The van der Waals surface area contributed by atoms with Crippen molar-refractivity contribution < 1.29 is 9.90 Å². The summed E-state index contributed by atoms with van der Waals surface area (Å²) in [6.07, 6.45) is 34.4. The SMILES string of the molecule is CCCCCCCCCCCCCCCCCCCCCCCCCCC(C)(C)C(=O)O. The third-order valence-electron chi connectivity index (χ3n) is 7.23. The van der Waals surface area contributed by atoms with Crippen LogP contribution in [0.3, 0.4) is 0 Å². The maximum Gasteiger partial charge on any atom is 0.309 e. The summed E-state index contributed by atoms with van der Waals surface area (Å²) in [6.45, 7) is 5.98. The Morgan fingerprint density at radius 1 is 0.469 bits per heavy atom. The van der Waals surface area contributed by atoms with Gasteiger partial charge in [0.2, 0.25) is 0 Å². The number of carbonyl (C=O) groups is 1. The van der Waals surface area contributed by atoms with Crippen molar-refractivity contribution in [2.45, 2.75) is 181 Å². The van der Waals surface area contributed by atoms with Crippen molar-refractivity contribution in [1.82, 2.24) is 0 Å². The second-order valence-corrected chi connectivity index (χ2v) is 11.1. The fourth-order valence-electron chi connectivity index (χ4n) is 4.64. The topological polar surface area (TPSA) is 37.3 Å². The van der Waals surface area contributed by atoms with Crippen LogP contribution in [0.2, 0.25) is 0 Å². The molecule has 0 aliphatic carbocycles. The Hall–Kier alpha value is -0.530. The van der Waals surface area contributed by atoms with Crippen LogP contribution in [0.15, 0.2) is 0 Å². The van der Waals surface area contributed by atoms with Crippen molar-refractivity contribution >= 4 is 5.97 Å². The summed E-state index contributed by atoms with van der Waals surface area (Å²) in [5, 5.41) is 9.12. The Balaban J connectivity index is 3.10. The smallest absolute Gasteiger partial charge is 0.309 e. The summed E-state index contributed by atoms with van der Waals surface area (Å²) < 4.78 is 0. The maximum atomic E-state index is 11.1. The van der Waals surface area contributed by atoms with Gasteiger partial charge in [-0.05, 0) is 20.3 Å². The van der Waals surface area contributed by atoms with Crippen molar-refractivity contribution in [3.63, 3.8) is 0 Å². The molecule has 0 radical (unpaired) electrons. The Kier molecular flexibility index (Phi) is 23.2. The lowest BCUT2D eigenvalue weighted by Gasteiger charge is -2.18. The highest BCUT2D eigenvalue weighted by Gasteiger charge is 2.25. The van der Waals surface area contributed by atoms with Gasteiger partial charge in [-0.25, -0.2) is 0 Å². The van der Waals surface area contributed by atoms with Crippen LogP contribution in [0.1, 0.15) is 181 Å². The zero-order valence-corrected chi connectivity index (χ0v) is 22.5. The Bertz CT molecular complexity index is 388. The highest BCUT2D eigenvalue weighted by atomic mass is 16.4. The number of rotatable bonds is 26. The number of carboxylic acid groups (broad SMARTS) is 1. The van der Waals surface area contributed by atoms with Crippen LogP contribution in [0.25, 0.3) is 0 Å². The van der Waals surface area contributed by atoms with Crippen LogP contribution in [0, 0.1) is 5.41 Å². The van der Waals surface area contributed by atoms with Crippen molar-refractivity contribution in [2.24, 2.45) is 5.41 Å². The Labute approximate surface area is 202 Å². The summed E-state index contributed by atoms with van der Waals surface area (Å²) in [6, 6.07) is 0. The first-order valence-corrected chi connectivity index (χ1v) is 14.7. The fraction of sp³-hybridized carbons (Fsp3) is 0.967. The molecule has 0 unspecified atom stereocenters. The molecule has 0 fully saturated rings. The van der Waals surface area contributed by atoms with Crippen LogP contribution < -0.4 is 0 Å². The van der Waals surface area contributed by atoms with Gasteiger partial charge in [-0.2, -0.15) is 0 Å². The molecule has 32 heavy (non-hydrogen) atoms. The highest BCUT2D eigenvalue weighted by molar-refractivity contribution is 5.73. The van der Waals surface area contributed by atoms with E-state index in [1.807, 2.05) is 13.8 Å². The number of carboxylic acids is 1. The van der Waals surface area contributed by atoms with E-state index < -0.39 is 11.4 Å². The lowest BCUT2D eigenvalue weighted by atomic mass is 9.87. The second-order valence-electron chi connectivity index (χ2n) is 11.1. The highest BCUT2D eigenvalue weighted by Crippen LogP contribution is 2.24. The van der Waals surface area contributed by atoms with Gasteiger partial charge < -0.3 is 5.11 Å². The number of aliphatic carboxylic acids is 1. The average Bonchev–Trinajstić information content (AvgIpc) is 2.76. The Morgan fingerprint density at radius 3 is 0.906 bits per heavy atom. The molecule has 1 N–H and O–H groups in total. The van der Waals surface area contributed by atoms with E-state index >= 15 is 0 Å². The minimum Gasteiger partial charge on any atom is -0.481 e. The molecule has 0 aromatic carbocycles. The molecule has 0 aromatic rings. The van der Waals surface area contributed by atoms with Gasteiger partial charge in [0, 0.05) is 0 Å². The molecular weight excluding hydrogens is 392 g/mol. The van der Waals surface area contributed by atoms with E-state index in [-0.39, 0.29) is 0 Å². The van der Waals surface area contributed by atoms with E-state index in [0.717, 1.165) is 12.8 Å². The van der Waals surface area contributed by atoms with E-state index in [1.165, 1.54) is 148 Å². The van der Waals surface area contributed by atoms with E-state index in [0.29, 0.717) is 0 Å². The van der Waals surface area contributed by atoms with Crippen LogP contribution in [-0.2, 0) is 4.79 Å². The van der Waals surface area contributed by atoms with Crippen LogP contribution >= 0.6 is 0 Å². The minimum atomic E-state index is -0.661. The van der Waals surface area contributed by atoms with Gasteiger partial charge in [0.25, 0.3) is 0 Å². The molecule has 0 saturated carbocycles. The monoisotopic (exact) mass is 452 g/mol. The zero-order chi connectivity index (χ0) is 23.8. The van der Waals surface area contributed by atoms with Gasteiger partial charge >= 0.3 is 5.97 Å². The molecule has 0 bridgehead atoms. The molecule has 0 amide bonds. The van der Waals surface area contributed by atoms with Gasteiger partial charge in [0.1, 0.15) is 0 Å². The van der Waals surface area contributed by atoms with E-state index in [4.69, 9.17) is 5.11 Å². The molecule has 0 rings (SSSR count). The molecule has 0 aliphatic rings. The summed E-state index contributed by atoms with van der Waals surface area (Å²) in [7, 11) is 0. The van der Waals surface area contributed by atoms with Gasteiger partial charge in [0.05, 0.1) is 5.41 Å². The molecule has 0 aliphatic heterocycles. The third-order valence-corrected chi connectivity index (χ3v) is 7.23. The van der Waals surface area contributed by atoms with Crippen molar-refractivity contribution in [1.29, 1.82) is 0 Å². The van der Waals surface area contributed by atoms with E-state index in [9.17, 15) is 4.79 Å². The first-order valence-electron chi connectivity index (χ1n) is 14.7. The molecule has 0 spiro atoms. The maximum absolute atomic E-state index is 11.1. The van der Waals surface area contributed by atoms with Crippen molar-refractivity contribution in [2.75, 3.05) is 0 Å². The Morgan fingerprint density at radius 2 is 0.688 bits per heavy atom. The van der Waals surface area contributed by atoms with Crippen molar-refractivity contribution in [3.05, 3.63) is 0 Å². The normalized spacial score (nSPS) is 11.8. The first-order chi connectivity index (χ1) is 15.5. The standard InChI is InChI=1S/C30H60O2/c1-4-5-6-7-8-9-10-11-12-13-14-15-16-17-18-19-20-21-22-23-24-25-26-27-28-30(2,3)29(31)32/h4-28H2,1-3H3,(H,31,32). The van der Waals surface area contributed by atoms with Gasteiger partial charge in [-0.3, -0.25) is 4.79 Å². The fourth-order valence-corrected chi connectivity index (χ4v) is 4.64. The molecule has 0 aromatic heterocycles. The molecule has 2 nitrogen and oxygen atoms in total. The number of hydrogen-bond acceptors (Lipinski definition) is 1. The van der Waals surface area contributed by atoms with Crippen LogP contribution in [-0.4, -0.2) is 11.1 Å². The number of hydrogen-bond donors (Lipinski definition) is 1. The molecule has 2 heteroatoms. The van der Waals surface area contributed by atoms with E-state index in [2.05, 4.69) is 6.92 Å². The molecule has 192 valence electrons. The van der Waals surface area contributed by atoms with Gasteiger partial charge in [-0.15, -0.1) is 0 Å². The van der Waals surface area contributed by atoms with E-state index in [1.54, 1.807) is 0 Å². The molecule has 0 heterocycles. The zero-order valence-electron chi connectivity index (χ0n) is 22.5. The predicted octanol–water partition coefficient (Wildman–Crippen LogP) is 10.9. The summed E-state index contributed by atoms with van der Waals surface area (Å²) in [5.41, 5.74) is -0.549. The second kappa shape index (κ2) is 23.6. The predicted molar refractivity (Wildman–Crippen MR) is 143 cm³/mol. The van der Waals surface area contributed by atoms with Gasteiger partial charge in [-0.1, -0.05) is 161 Å². The molecule has 0 atom stereocenters. The summed E-state index contributed by atoms with van der Waals surface area (Å²) in [4.78, 5) is 11.1.